The van der Waals surface area contributed by atoms with E-state index in [-0.39, 0.29) is 18.0 Å². The van der Waals surface area contributed by atoms with Gasteiger partial charge in [0.05, 0.1) is 19.1 Å². The summed E-state index contributed by atoms with van der Waals surface area (Å²) in [5.74, 6) is -0.666. The van der Waals surface area contributed by atoms with Crippen molar-refractivity contribution in [1.29, 1.82) is 0 Å². The number of Topliss-reactive ketones (excluding diaryl/α,β-unsaturated/α-hetero) is 2. The van der Waals surface area contributed by atoms with E-state index in [1.807, 2.05) is 0 Å². The summed E-state index contributed by atoms with van der Waals surface area (Å²) in [5, 5.41) is 0. The van der Waals surface area contributed by atoms with E-state index in [1.54, 1.807) is 12.1 Å². The Labute approximate surface area is 125 Å². The normalized spacial score (nSPS) is 10.2. The Morgan fingerprint density at radius 2 is 1.57 bits per heavy atom. The van der Waals surface area contributed by atoms with E-state index in [2.05, 4.69) is 11.7 Å². The van der Waals surface area contributed by atoms with Gasteiger partial charge in [0.2, 0.25) is 0 Å². The van der Waals surface area contributed by atoms with Gasteiger partial charge >= 0.3 is 5.97 Å². The summed E-state index contributed by atoms with van der Waals surface area (Å²) in [6, 6.07) is 6.17. The lowest BCUT2D eigenvalue weighted by molar-refractivity contribution is -0.118. The maximum absolute atomic E-state index is 12.0. The second kappa shape index (κ2) is 9.06. The van der Waals surface area contributed by atoms with E-state index < -0.39 is 5.97 Å². The highest BCUT2D eigenvalue weighted by molar-refractivity contribution is 6.08. The second-order valence-corrected chi connectivity index (χ2v) is 5.02. The molecule has 1 aromatic rings. The number of ether oxygens (including phenoxy) is 1. The van der Waals surface area contributed by atoms with Crippen molar-refractivity contribution in [3.63, 3.8) is 0 Å². The molecule has 0 aliphatic heterocycles. The molecule has 0 spiro atoms. The first-order chi connectivity index (χ1) is 10.1. The van der Waals surface area contributed by atoms with Crippen LogP contribution in [0.25, 0.3) is 0 Å². The van der Waals surface area contributed by atoms with Gasteiger partial charge in [-0.2, -0.15) is 0 Å². The van der Waals surface area contributed by atoms with Crippen LogP contribution < -0.4 is 0 Å². The van der Waals surface area contributed by atoms with Crippen LogP contribution in [0.2, 0.25) is 0 Å². The topological polar surface area (TPSA) is 60.4 Å². The minimum absolute atomic E-state index is 0.0202. The SMILES string of the molecule is CCCCCCC(=O)CC(=O)c1ccc(C(=O)OC)cc1. The van der Waals surface area contributed by atoms with Crippen molar-refractivity contribution in [1.82, 2.24) is 0 Å². The number of carbonyl (C=O) groups is 3. The summed E-state index contributed by atoms with van der Waals surface area (Å²) >= 11 is 0. The number of unbranched alkanes of at least 4 members (excludes halogenated alkanes) is 3. The van der Waals surface area contributed by atoms with E-state index >= 15 is 0 Å². The molecule has 0 saturated carbocycles. The first-order valence-corrected chi connectivity index (χ1v) is 7.31. The van der Waals surface area contributed by atoms with E-state index in [4.69, 9.17) is 0 Å². The molecule has 0 N–H and O–H groups in total. The summed E-state index contributed by atoms with van der Waals surface area (Å²) < 4.78 is 4.59. The third kappa shape index (κ3) is 5.90. The summed E-state index contributed by atoms with van der Waals surface area (Å²) in [7, 11) is 1.30. The first kappa shape index (κ1) is 17.1. The number of ketones is 2. The number of esters is 1. The third-order valence-corrected chi connectivity index (χ3v) is 3.29. The second-order valence-electron chi connectivity index (χ2n) is 5.02. The molecule has 1 aromatic carbocycles. The number of hydrogen-bond acceptors (Lipinski definition) is 4. The van der Waals surface area contributed by atoms with Gasteiger partial charge in [-0.1, -0.05) is 38.3 Å². The molecule has 0 saturated heterocycles. The Hall–Kier alpha value is -1.97. The third-order valence-electron chi connectivity index (χ3n) is 3.29. The van der Waals surface area contributed by atoms with E-state index in [0.717, 1.165) is 25.7 Å². The molecule has 21 heavy (non-hydrogen) atoms. The van der Waals surface area contributed by atoms with Crippen molar-refractivity contribution in [3.8, 4) is 0 Å². The van der Waals surface area contributed by atoms with Crippen LogP contribution in [0.15, 0.2) is 24.3 Å². The smallest absolute Gasteiger partial charge is 0.337 e. The zero-order valence-corrected chi connectivity index (χ0v) is 12.7. The predicted octanol–water partition coefficient (Wildman–Crippen LogP) is 3.59. The molecule has 1 rings (SSSR count). The van der Waals surface area contributed by atoms with Crippen molar-refractivity contribution in [2.24, 2.45) is 0 Å². The molecule has 0 atom stereocenters. The standard InChI is InChI=1S/C17H22O4/c1-3-4-5-6-7-15(18)12-16(19)13-8-10-14(11-9-13)17(20)21-2/h8-11H,3-7,12H2,1-2H3. The lowest BCUT2D eigenvalue weighted by Crippen LogP contribution is -2.09. The summed E-state index contributed by atoms with van der Waals surface area (Å²) in [6.45, 7) is 2.11. The largest absolute Gasteiger partial charge is 0.465 e. The van der Waals surface area contributed by atoms with Crippen LogP contribution in [0.3, 0.4) is 0 Å². The van der Waals surface area contributed by atoms with Crippen molar-refractivity contribution in [2.75, 3.05) is 7.11 Å². The molecule has 0 aromatic heterocycles. The molecule has 0 bridgehead atoms. The zero-order chi connectivity index (χ0) is 15.7. The maximum atomic E-state index is 12.0. The van der Waals surface area contributed by atoms with Crippen LogP contribution in [0.5, 0.6) is 0 Å². The quantitative estimate of drug-likeness (QED) is 0.302. The number of carbonyl (C=O) groups excluding carboxylic acids is 3. The Balaban J connectivity index is 2.48. The van der Waals surface area contributed by atoms with Gasteiger partial charge in [-0.15, -0.1) is 0 Å². The van der Waals surface area contributed by atoms with E-state index in [0.29, 0.717) is 17.5 Å². The van der Waals surface area contributed by atoms with Gasteiger partial charge < -0.3 is 4.74 Å². The number of methoxy groups -OCH3 is 1. The van der Waals surface area contributed by atoms with Crippen LogP contribution >= 0.6 is 0 Å². The van der Waals surface area contributed by atoms with Crippen LogP contribution in [0.1, 0.15) is 66.2 Å². The highest BCUT2D eigenvalue weighted by Gasteiger charge is 2.12. The molecular weight excluding hydrogens is 268 g/mol. The Bertz CT molecular complexity index is 488. The zero-order valence-electron chi connectivity index (χ0n) is 12.7. The summed E-state index contributed by atoms with van der Waals surface area (Å²) in [6.07, 6.45) is 4.52. The van der Waals surface area contributed by atoms with Crippen LogP contribution in [-0.4, -0.2) is 24.6 Å². The molecule has 0 radical (unpaired) electrons. The molecule has 4 heteroatoms. The van der Waals surface area contributed by atoms with E-state index in [1.165, 1.54) is 19.2 Å². The van der Waals surface area contributed by atoms with Gasteiger partial charge in [-0.05, 0) is 18.6 Å². The van der Waals surface area contributed by atoms with Crippen molar-refractivity contribution in [3.05, 3.63) is 35.4 Å². The molecular formula is C17H22O4. The summed E-state index contributed by atoms with van der Waals surface area (Å²) in [5.41, 5.74) is 0.838. The fourth-order valence-corrected chi connectivity index (χ4v) is 2.03. The first-order valence-electron chi connectivity index (χ1n) is 7.31. The maximum Gasteiger partial charge on any atom is 0.337 e. The lowest BCUT2D eigenvalue weighted by Gasteiger charge is -2.03. The Morgan fingerprint density at radius 3 is 2.14 bits per heavy atom. The number of hydrogen-bond donors (Lipinski definition) is 0. The van der Waals surface area contributed by atoms with E-state index in [9.17, 15) is 14.4 Å². The highest BCUT2D eigenvalue weighted by atomic mass is 16.5. The van der Waals surface area contributed by atoms with Gasteiger partial charge in [0.15, 0.2) is 5.78 Å². The van der Waals surface area contributed by atoms with Crippen LogP contribution in [0, 0.1) is 0 Å². The minimum atomic E-state index is -0.444. The van der Waals surface area contributed by atoms with Gasteiger partial charge in [-0.25, -0.2) is 4.79 Å². The monoisotopic (exact) mass is 290 g/mol. The minimum Gasteiger partial charge on any atom is -0.465 e. The van der Waals surface area contributed by atoms with Crippen LogP contribution in [0.4, 0.5) is 0 Å². The van der Waals surface area contributed by atoms with Crippen molar-refractivity contribution >= 4 is 17.5 Å². The fraction of sp³-hybridized carbons (Fsp3) is 0.471. The van der Waals surface area contributed by atoms with Crippen molar-refractivity contribution in [2.45, 2.75) is 45.4 Å². The Morgan fingerprint density at radius 1 is 0.952 bits per heavy atom. The average Bonchev–Trinajstić information content (AvgIpc) is 2.51. The van der Waals surface area contributed by atoms with Gasteiger partial charge in [0, 0.05) is 12.0 Å². The molecule has 0 aliphatic rings. The molecule has 0 fully saturated rings. The molecule has 114 valence electrons. The number of benzene rings is 1. The summed E-state index contributed by atoms with van der Waals surface area (Å²) in [4.78, 5) is 35.0. The van der Waals surface area contributed by atoms with Gasteiger partial charge in [0.1, 0.15) is 5.78 Å². The average molecular weight is 290 g/mol. The van der Waals surface area contributed by atoms with Crippen molar-refractivity contribution < 1.29 is 19.1 Å². The van der Waals surface area contributed by atoms with Gasteiger partial charge in [0.25, 0.3) is 0 Å². The Kier molecular flexibility index (Phi) is 7.37. The number of rotatable bonds is 9. The molecule has 0 aliphatic carbocycles. The molecule has 0 amide bonds. The molecule has 0 heterocycles. The van der Waals surface area contributed by atoms with Gasteiger partial charge in [-0.3, -0.25) is 9.59 Å². The molecule has 4 nitrogen and oxygen atoms in total. The van der Waals surface area contributed by atoms with Crippen LogP contribution in [-0.2, 0) is 9.53 Å². The highest BCUT2D eigenvalue weighted by Crippen LogP contribution is 2.10. The lowest BCUT2D eigenvalue weighted by atomic mass is 10.0. The predicted molar refractivity (Wildman–Crippen MR) is 80.5 cm³/mol. The molecule has 0 unspecified atom stereocenters. The fourth-order valence-electron chi connectivity index (χ4n) is 2.03.